The van der Waals surface area contributed by atoms with Gasteiger partial charge in [0, 0.05) is 62.3 Å². The summed E-state index contributed by atoms with van der Waals surface area (Å²) in [5, 5.41) is 19.4. The van der Waals surface area contributed by atoms with Crippen molar-refractivity contribution in [2.24, 2.45) is 5.92 Å². The second kappa shape index (κ2) is 9.24. The Morgan fingerprint density at radius 2 is 1.82 bits per heavy atom. The molecule has 8 nitrogen and oxygen atoms in total. The first-order valence-corrected chi connectivity index (χ1v) is 12.8. The number of rotatable bonds is 6. The molecular formula is C26H34N6O2. The lowest BCUT2D eigenvalue weighted by atomic mass is 9.92. The fraction of sp³-hybridized carbons (Fsp3) is 0.577. The Bertz CT molecular complexity index is 1240. The van der Waals surface area contributed by atoms with Crippen LogP contribution in [0.15, 0.2) is 29.2 Å². The van der Waals surface area contributed by atoms with Gasteiger partial charge in [-0.1, -0.05) is 12.1 Å². The molecule has 0 spiro atoms. The molecule has 3 aliphatic rings. The highest BCUT2D eigenvalue weighted by Crippen LogP contribution is 2.33. The predicted molar refractivity (Wildman–Crippen MR) is 134 cm³/mol. The second-order valence-corrected chi connectivity index (χ2v) is 10.3. The highest BCUT2D eigenvalue weighted by atomic mass is 16.3. The topological polar surface area (TPSA) is 95.3 Å². The summed E-state index contributed by atoms with van der Waals surface area (Å²) in [6.07, 6.45) is 7.15. The fourth-order valence-electron chi connectivity index (χ4n) is 5.50. The highest BCUT2D eigenvalue weighted by molar-refractivity contribution is 6.04. The zero-order valence-electron chi connectivity index (χ0n) is 19.7. The molecule has 3 heterocycles. The fourth-order valence-corrected chi connectivity index (χ4v) is 5.50. The largest absolute Gasteiger partial charge is 0.393 e. The average Bonchev–Trinajstić information content (AvgIpc) is 3.69. The van der Waals surface area contributed by atoms with Crippen LogP contribution < -0.4 is 16.2 Å². The van der Waals surface area contributed by atoms with Crippen molar-refractivity contribution >= 4 is 27.8 Å². The van der Waals surface area contributed by atoms with Gasteiger partial charge in [-0.05, 0) is 61.5 Å². The van der Waals surface area contributed by atoms with E-state index in [2.05, 4.69) is 38.7 Å². The standard InChI is InChI=1S/C26H34N6O2/c33-20-6-4-19(5-7-20)32-24-23(15-29-26(30-24)28-14-17-1-2-17)21-8-3-18(13-22(21)25(32)34)16-31-11-9-27-10-12-31/h3,8,13,15,17,19-20,27,33H,1-2,4-7,9-12,14,16H2,(H,28,29,30). The summed E-state index contributed by atoms with van der Waals surface area (Å²) in [5.74, 6) is 1.31. The van der Waals surface area contributed by atoms with Crippen LogP contribution >= 0.6 is 0 Å². The first-order chi connectivity index (χ1) is 16.7. The van der Waals surface area contributed by atoms with Gasteiger partial charge in [0.2, 0.25) is 5.95 Å². The Hall–Kier alpha value is -2.55. The Labute approximate surface area is 199 Å². The van der Waals surface area contributed by atoms with Crippen LogP contribution in [0, 0.1) is 5.92 Å². The van der Waals surface area contributed by atoms with Gasteiger partial charge in [-0.25, -0.2) is 4.98 Å². The van der Waals surface area contributed by atoms with Crippen LogP contribution in [0.2, 0.25) is 0 Å². The molecule has 0 radical (unpaired) electrons. The summed E-state index contributed by atoms with van der Waals surface area (Å²) < 4.78 is 1.90. The SMILES string of the molecule is O=c1c2cc(CN3CCNCC3)ccc2c2cnc(NCC3CC3)nc2n1C1CCC(O)CC1. The molecule has 34 heavy (non-hydrogen) atoms. The number of piperazine rings is 1. The molecule has 0 amide bonds. The number of nitrogens with zero attached hydrogens (tertiary/aromatic N) is 4. The minimum Gasteiger partial charge on any atom is -0.393 e. The summed E-state index contributed by atoms with van der Waals surface area (Å²) in [6.45, 7) is 5.79. The third kappa shape index (κ3) is 4.42. The molecule has 3 fully saturated rings. The van der Waals surface area contributed by atoms with Crippen molar-refractivity contribution in [3.63, 3.8) is 0 Å². The Balaban J connectivity index is 1.44. The smallest absolute Gasteiger partial charge is 0.260 e. The van der Waals surface area contributed by atoms with Crippen molar-refractivity contribution in [3.05, 3.63) is 40.3 Å². The van der Waals surface area contributed by atoms with Gasteiger partial charge in [0.25, 0.3) is 5.56 Å². The van der Waals surface area contributed by atoms with Gasteiger partial charge < -0.3 is 15.7 Å². The number of anilines is 1. The zero-order chi connectivity index (χ0) is 23.1. The number of aromatic nitrogens is 3. The summed E-state index contributed by atoms with van der Waals surface area (Å²) in [6, 6.07) is 6.34. The maximum Gasteiger partial charge on any atom is 0.260 e. The van der Waals surface area contributed by atoms with Crippen LogP contribution in [0.5, 0.6) is 0 Å². The van der Waals surface area contributed by atoms with E-state index in [1.165, 1.54) is 18.4 Å². The zero-order valence-corrected chi connectivity index (χ0v) is 19.7. The van der Waals surface area contributed by atoms with Crippen LogP contribution in [-0.2, 0) is 6.54 Å². The van der Waals surface area contributed by atoms with Gasteiger partial charge in [-0.3, -0.25) is 14.3 Å². The maximum atomic E-state index is 14.0. The molecule has 0 atom stereocenters. The molecule has 0 unspecified atom stereocenters. The third-order valence-corrected chi connectivity index (χ3v) is 7.71. The van der Waals surface area contributed by atoms with E-state index in [9.17, 15) is 9.90 Å². The quantitative estimate of drug-likeness (QED) is 0.485. The van der Waals surface area contributed by atoms with E-state index in [4.69, 9.17) is 4.98 Å². The number of pyridine rings is 1. The van der Waals surface area contributed by atoms with Crippen LogP contribution in [0.4, 0.5) is 5.95 Å². The van der Waals surface area contributed by atoms with Gasteiger partial charge in [0.1, 0.15) is 5.65 Å². The summed E-state index contributed by atoms with van der Waals surface area (Å²) in [4.78, 5) is 25.8. The van der Waals surface area contributed by atoms with Gasteiger partial charge in [0.15, 0.2) is 0 Å². The van der Waals surface area contributed by atoms with Gasteiger partial charge in [0.05, 0.1) is 6.10 Å². The monoisotopic (exact) mass is 462 g/mol. The van der Waals surface area contributed by atoms with E-state index in [0.717, 1.165) is 81.1 Å². The van der Waals surface area contributed by atoms with Crippen molar-refractivity contribution in [1.29, 1.82) is 0 Å². The molecule has 8 heteroatoms. The van der Waals surface area contributed by atoms with Crippen molar-refractivity contribution < 1.29 is 5.11 Å². The van der Waals surface area contributed by atoms with Gasteiger partial charge in [-0.2, -0.15) is 4.98 Å². The lowest BCUT2D eigenvalue weighted by Gasteiger charge is -2.29. The van der Waals surface area contributed by atoms with Crippen molar-refractivity contribution in [3.8, 4) is 0 Å². The molecular weight excluding hydrogens is 428 g/mol. The Morgan fingerprint density at radius 3 is 2.59 bits per heavy atom. The van der Waals surface area contributed by atoms with Crippen LogP contribution in [0.1, 0.15) is 50.1 Å². The van der Waals surface area contributed by atoms with E-state index in [1.54, 1.807) is 0 Å². The molecule has 1 aliphatic heterocycles. The van der Waals surface area contributed by atoms with Crippen LogP contribution in [-0.4, -0.2) is 63.4 Å². The van der Waals surface area contributed by atoms with E-state index in [0.29, 0.717) is 17.5 Å². The molecule has 3 N–H and O–H groups in total. The number of benzene rings is 1. The molecule has 2 saturated carbocycles. The molecule has 1 aromatic carbocycles. The third-order valence-electron chi connectivity index (χ3n) is 7.71. The van der Waals surface area contributed by atoms with Crippen LogP contribution in [0.3, 0.4) is 0 Å². The van der Waals surface area contributed by atoms with E-state index in [1.807, 2.05) is 10.8 Å². The number of aliphatic hydroxyl groups is 1. The summed E-state index contributed by atoms with van der Waals surface area (Å²) in [5.41, 5.74) is 1.90. The lowest BCUT2D eigenvalue weighted by molar-refractivity contribution is 0.111. The number of hydrogen-bond acceptors (Lipinski definition) is 7. The van der Waals surface area contributed by atoms with Crippen LogP contribution in [0.25, 0.3) is 21.8 Å². The van der Waals surface area contributed by atoms with E-state index < -0.39 is 0 Å². The predicted octanol–water partition coefficient (Wildman–Crippen LogP) is 2.65. The van der Waals surface area contributed by atoms with E-state index >= 15 is 0 Å². The molecule has 1 saturated heterocycles. The molecule has 6 rings (SSSR count). The van der Waals surface area contributed by atoms with Gasteiger partial charge in [-0.15, -0.1) is 0 Å². The Kier molecular flexibility index (Phi) is 5.97. The minimum atomic E-state index is -0.269. The highest BCUT2D eigenvalue weighted by Gasteiger charge is 2.26. The summed E-state index contributed by atoms with van der Waals surface area (Å²) in [7, 11) is 0. The molecule has 2 aromatic heterocycles. The van der Waals surface area contributed by atoms with Crippen molar-refractivity contribution in [1.82, 2.24) is 24.8 Å². The average molecular weight is 463 g/mol. The number of hydrogen-bond donors (Lipinski definition) is 3. The van der Waals surface area contributed by atoms with Crippen molar-refractivity contribution in [2.45, 2.75) is 57.2 Å². The first kappa shape index (κ1) is 21.9. The van der Waals surface area contributed by atoms with E-state index in [-0.39, 0.29) is 17.7 Å². The number of nitrogens with one attached hydrogen (secondary N) is 2. The maximum absolute atomic E-state index is 14.0. The lowest BCUT2D eigenvalue weighted by Crippen LogP contribution is -2.42. The van der Waals surface area contributed by atoms with Crippen molar-refractivity contribution in [2.75, 3.05) is 38.0 Å². The number of fused-ring (bicyclic) bond motifs is 3. The minimum absolute atomic E-state index is 0.0258. The Morgan fingerprint density at radius 1 is 1.03 bits per heavy atom. The number of aliphatic hydroxyl groups excluding tert-OH is 1. The molecule has 3 aromatic rings. The second-order valence-electron chi connectivity index (χ2n) is 10.3. The normalized spacial score (nSPS) is 24.0. The summed E-state index contributed by atoms with van der Waals surface area (Å²) >= 11 is 0. The molecule has 180 valence electrons. The molecule has 2 aliphatic carbocycles. The molecule has 0 bridgehead atoms. The van der Waals surface area contributed by atoms with Gasteiger partial charge >= 0.3 is 0 Å². The first-order valence-electron chi connectivity index (χ1n) is 12.8.